The van der Waals surface area contributed by atoms with Crippen molar-refractivity contribution in [3.8, 4) is 0 Å². The molecule has 0 aliphatic rings. The highest BCUT2D eigenvalue weighted by atomic mass is 16.2. The lowest BCUT2D eigenvalue weighted by Crippen LogP contribution is -2.40. The Bertz CT molecular complexity index is 1010. The third-order valence-electron chi connectivity index (χ3n) is 4.01. The number of nitrogens with zero attached hydrogens (tertiary/aromatic N) is 3. The first-order valence-electron chi connectivity index (χ1n) is 8.62. The molecule has 0 unspecified atom stereocenters. The van der Waals surface area contributed by atoms with Crippen LogP contribution in [0.4, 0.5) is 0 Å². The number of hydrogen-bond donors (Lipinski definition) is 1. The fourth-order valence-corrected chi connectivity index (χ4v) is 2.85. The van der Waals surface area contributed by atoms with Gasteiger partial charge in [-0.05, 0) is 24.5 Å². The third kappa shape index (κ3) is 3.33. The van der Waals surface area contributed by atoms with Crippen LogP contribution >= 0.6 is 0 Å². The van der Waals surface area contributed by atoms with Crippen LogP contribution in [0.5, 0.6) is 0 Å². The normalized spacial score (nSPS) is 11.6. The third-order valence-corrected chi connectivity index (χ3v) is 4.01. The lowest BCUT2D eigenvalue weighted by atomic mass is 10.2. The minimum absolute atomic E-state index is 0.286. The maximum atomic E-state index is 12.6. The van der Waals surface area contributed by atoms with E-state index in [9.17, 15) is 9.59 Å². The SMILES string of the molecule is CCCn1c(=O)c2[nH]c(/C=C/c3ccccc3)nc2n(CCC)c1=O. The van der Waals surface area contributed by atoms with Crippen molar-refractivity contribution in [1.82, 2.24) is 19.1 Å². The first-order chi connectivity index (χ1) is 12.2. The zero-order chi connectivity index (χ0) is 17.8. The summed E-state index contributed by atoms with van der Waals surface area (Å²) < 4.78 is 2.88. The molecule has 0 saturated heterocycles. The van der Waals surface area contributed by atoms with E-state index in [1.165, 1.54) is 4.57 Å². The van der Waals surface area contributed by atoms with Crippen LogP contribution in [-0.2, 0) is 13.1 Å². The van der Waals surface area contributed by atoms with Crippen LogP contribution in [0.25, 0.3) is 23.3 Å². The number of nitrogens with one attached hydrogen (secondary N) is 1. The van der Waals surface area contributed by atoms with E-state index in [0.717, 1.165) is 18.4 Å². The van der Waals surface area contributed by atoms with Crippen molar-refractivity contribution < 1.29 is 0 Å². The van der Waals surface area contributed by atoms with Gasteiger partial charge in [0.1, 0.15) is 11.3 Å². The van der Waals surface area contributed by atoms with Crippen LogP contribution in [0.3, 0.4) is 0 Å². The van der Waals surface area contributed by atoms with Crippen LogP contribution in [0.15, 0.2) is 39.9 Å². The van der Waals surface area contributed by atoms with Gasteiger partial charge in [0, 0.05) is 13.1 Å². The second kappa shape index (κ2) is 7.34. The fourth-order valence-electron chi connectivity index (χ4n) is 2.85. The number of rotatable bonds is 6. The highest BCUT2D eigenvalue weighted by molar-refractivity contribution is 5.75. The zero-order valence-corrected chi connectivity index (χ0v) is 14.5. The maximum absolute atomic E-state index is 12.6. The molecule has 0 fully saturated rings. The molecule has 3 aromatic rings. The molecule has 1 N–H and O–H groups in total. The molecule has 0 atom stereocenters. The summed E-state index contributed by atoms with van der Waals surface area (Å²) in [6.07, 6.45) is 5.26. The summed E-state index contributed by atoms with van der Waals surface area (Å²) in [5.74, 6) is 0.564. The molecule has 0 amide bonds. The predicted octanol–water partition coefficient (Wildman–Crippen LogP) is 2.88. The lowest BCUT2D eigenvalue weighted by molar-refractivity contribution is 0.555. The number of aromatic nitrogens is 4. The second-order valence-electron chi connectivity index (χ2n) is 5.96. The van der Waals surface area contributed by atoms with Gasteiger partial charge in [0.25, 0.3) is 5.56 Å². The molecule has 0 bridgehead atoms. The minimum atomic E-state index is -0.305. The van der Waals surface area contributed by atoms with Gasteiger partial charge < -0.3 is 4.98 Å². The molecule has 0 aliphatic heterocycles. The van der Waals surface area contributed by atoms with Gasteiger partial charge in [-0.2, -0.15) is 0 Å². The molecule has 6 nitrogen and oxygen atoms in total. The molecule has 0 saturated carbocycles. The molecular formula is C19H22N4O2. The van der Waals surface area contributed by atoms with E-state index in [4.69, 9.17) is 0 Å². The Balaban J connectivity index is 2.14. The summed E-state index contributed by atoms with van der Waals surface area (Å²) in [4.78, 5) is 32.8. The van der Waals surface area contributed by atoms with Gasteiger partial charge in [0.05, 0.1) is 0 Å². The van der Waals surface area contributed by atoms with E-state index in [-0.39, 0.29) is 11.2 Å². The number of fused-ring (bicyclic) bond motifs is 1. The smallest absolute Gasteiger partial charge is 0.332 e. The number of hydrogen-bond acceptors (Lipinski definition) is 3. The highest BCUT2D eigenvalue weighted by Gasteiger charge is 2.15. The summed E-state index contributed by atoms with van der Waals surface area (Å²) in [6, 6.07) is 9.85. The van der Waals surface area contributed by atoms with Crippen molar-refractivity contribution in [1.29, 1.82) is 0 Å². The Morgan fingerprint density at radius 3 is 2.36 bits per heavy atom. The van der Waals surface area contributed by atoms with Crippen LogP contribution in [0, 0.1) is 0 Å². The van der Waals surface area contributed by atoms with Crippen molar-refractivity contribution >= 4 is 23.3 Å². The monoisotopic (exact) mass is 338 g/mol. The van der Waals surface area contributed by atoms with Gasteiger partial charge in [-0.1, -0.05) is 50.3 Å². The molecule has 0 aliphatic carbocycles. The molecule has 0 spiro atoms. The molecule has 2 aromatic heterocycles. The van der Waals surface area contributed by atoms with Crippen LogP contribution in [0.1, 0.15) is 38.1 Å². The summed E-state index contributed by atoms with van der Waals surface area (Å²) in [5, 5.41) is 0. The number of benzene rings is 1. The molecule has 1 aromatic carbocycles. The molecule has 6 heteroatoms. The first-order valence-corrected chi connectivity index (χ1v) is 8.62. The maximum Gasteiger partial charge on any atom is 0.332 e. The average Bonchev–Trinajstić information content (AvgIpc) is 3.06. The number of H-pyrrole nitrogens is 1. The Morgan fingerprint density at radius 1 is 1.00 bits per heavy atom. The Hall–Kier alpha value is -2.89. The molecule has 0 radical (unpaired) electrons. The van der Waals surface area contributed by atoms with Gasteiger partial charge in [0.15, 0.2) is 5.65 Å². The summed E-state index contributed by atoms with van der Waals surface area (Å²) in [6.45, 7) is 4.88. The van der Waals surface area contributed by atoms with E-state index in [1.807, 2.05) is 56.3 Å². The van der Waals surface area contributed by atoms with Gasteiger partial charge in [0.2, 0.25) is 0 Å². The van der Waals surface area contributed by atoms with Crippen molar-refractivity contribution in [2.45, 2.75) is 39.8 Å². The quantitative estimate of drug-likeness (QED) is 0.751. The van der Waals surface area contributed by atoms with Crippen molar-refractivity contribution in [2.24, 2.45) is 0 Å². The fraction of sp³-hybridized carbons (Fsp3) is 0.316. The standard InChI is InChI=1S/C19H22N4O2/c1-3-12-22-17-16(18(24)23(13-4-2)19(22)25)20-15(21-17)11-10-14-8-6-5-7-9-14/h5-11H,3-4,12-13H2,1-2H3,(H,20,21)/b11-10+. The summed E-state index contributed by atoms with van der Waals surface area (Å²) >= 11 is 0. The van der Waals surface area contributed by atoms with Crippen LogP contribution in [-0.4, -0.2) is 19.1 Å². The largest absolute Gasteiger partial charge is 0.333 e. The zero-order valence-electron chi connectivity index (χ0n) is 14.5. The van der Waals surface area contributed by atoms with Gasteiger partial charge in [-0.3, -0.25) is 13.9 Å². The van der Waals surface area contributed by atoms with E-state index < -0.39 is 0 Å². The van der Waals surface area contributed by atoms with Gasteiger partial charge in [-0.25, -0.2) is 9.78 Å². The first kappa shape index (κ1) is 17.0. The molecular weight excluding hydrogens is 316 g/mol. The van der Waals surface area contributed by atoms with E-state index in [1.54, 1.807) is 4.57 Å². The highest BCUT2D eigenvalue weighted by Crippen LogP contribution is 2.10. The van der Waals surface area contributed by atoms with E-state index in [0.29, 0.717) is 30.1 Å². The lowest BCUT2D eigenvalue weighted by Gasteiger charge is -2.09. The minimum Gasteiger partial charge on any atom is -0.333 e. The van der Waals surface area contributed by atoms with E-state index in [2.05, 4.69) is 9.97 Å². The number of imidazole rings is 1. The van der Waals surface area contributed by atoms with Crippen molar-refractivity contribution in [2.75, 3.05) is 0 Å². The number of aryl methyl sites for hydroxylation is 1. The van der Waals surface area contributed by atoms with Gasteiger partial charge >= 0.3 is 5.69 Å². The Morgan fingerprint density at radius 2 is 1.68 bits per heavy atom. The van der Waals surface area contributed by atoms with Crippen molar-refractivity contribution in [3.05, 3.63) is 62.6 Å². The topological polar surface area (TPSA) is 72.7 Å². The van der Waals surface area contributed by atoms with Crippen LogP contribution < -0.4 is 11.2 Å². The molecule has 25 heavy (non-hydrogen) atoms. The summed E-state index contributed by atoms with van der Waals surface area (Å²) in [7, 11) is 0. The van der Waals surface area contributed by atoms with Crippen LogP contribution in [0.2, 0.25) is 0 Å². The predicted molar refractivity (Wildman–Crippen MR) is 101 cm³/mol. The number of aromatic amines is 1. The Labute approximate surface area is 145 Å². The Kier molecular flexibility index (Phi) is 4.97. The average molecular weight is 338 g/mol. The molecule has 3 rings (SSSR count). The molecule has 2 heterocycles. The second-order valence-corrected chi connectivity index (χ2v) is 5.96. The van der Waals surface area contributed by atoms with E-state index >= 15 is 0 Å². The summed E-state index contributed by atoms with van der Waals surface area (Å²) in [5.41, 5.74) is 1.26. The van der Waals surface area contributed by atoms with Gasteiger partial charge in [-0.15, -0.1) is 0 Å². The van der Waals surface area contributed by atoms with Crippen molar-refractivity contribution in [3.63, 3.8) is 0 Å². The molecule has 130 valence electrons.